The fourth-order valence-corrected chi connectivity index (χ4v) is 2.48. The Labute approximate surface area is 99.7 Å². The maximum atomic E-state index is 10.7. The average Bonchev–Trinajstić information content (AvgIpc) is 1.96. The van der Waals surface area contributed by atoms with Crippen molar-refractivity contribution < 1.29 is 9.90 Å². The smallest absolute Gasteiger partial charge is 0.336 e. The van der Waals surface area contributed by atoms with E-state index in [1.807, 2.05) is 28.7 Å². The van der Waals surface area contributed by atoms with Gasteiger partial charge >= 0.3 is 5.97 Å². The minimum Gasteiger partial charge on any atom is -0.478 e. The van der Waals surface area contributed by atoms with Crippen LogP contribution in [0.1, 0.15) is 10.4 Å². The van der Waals surface area contributed by atoms with E-state index >= 15 is 0 Å². The Hall–Kier alpha value is 0.380. The minimum atomic E-state index is -0.915. The van der Waals surface area contributed by atoms with Crippen LogP contribution in [0.4, 0.5) is 0 Å². The Kier molecular flexibility index (Phi) is 3.54. The fraction of sp³-hybridized carbons (Fsp3) is 0. The SMILES string of the molecule is O=C(O)c1cc(Br)cc(Br)c1I. The molecule has 0 bridgehead atoms. The second kappa shape index (κ2) is 4.06. The zero-order valence-electron chi connectivity index (χ0n) is 5.64. The third-order valence-corrected chi connectivity index (χ3v) is 4.21. The van der Waals surface area contributed by atoms with Crippen LogP contribution < -0.4 is 0 Å². The Bertz CT molecular complexity index is 338. The second-order valence-electron chi connectivity index (χ2n) is 2.05. The largest absolute Gasteiger partial charge is 0.478 e. The molecule has 12 heavy (non-hydrogen) atoms. The molecule has 0 spiro atoms. The number of benzene rings is 1. The molecule has 0 radical (unpaired) electrons. The average molecular weight is 406 g/mol. The van der Waals surface area contributed by atoms with Gasteiger partial charge in [0.25, 0.3) is 0 Å². The van der Waals surface area contributed by atoms with Gasteiger partial charge in [-0.3, -0.25) is 0 Å². The van der Waals surface area contributed by atoms with Crippen LogP contribution in [0.2, 0.25) is 0 Å². The zero-order valence-corrected chi connectivity index (χ0v) is 11.0. The molecule has 0 aliphatic carbocycles. The Morgan fingerprint density at radius 1 is 1.42 bits per heavy atom. The number of carboxylic acid groups (broad SMARTS) is 1. The summed E-state index contributed by atoms with van der Waals surface area (Å²) in [7, 11) is 0. The van der Waals surface area contributed by atoms with E-state index in [1.165, 1.54) is 0 Å². The maximum absolute atomic E-state index is 10.7. The number of rotatable bonds is 1. The van der Waals surface area contributed by atoms with E-state index in [2.05, 4.69) is 31.9 Å². The topological polar surface area (TPSA) is 37.3 Å². The van der Waals surface area contributed by atoms with E-state index in [9.17, 15) is 4.79 Å². The summed E-state index contributed by atoms with van der Waals surface area (Å²) in [5.41, 5.74) is 0.303. The van der Waals surface area contributed by atoms with E-state index in [4.69, 9.17) is 5.11 Å². The van der Waals surface area contributed by atoms with Gasteiger partial charge in [0.1, 0.15) is 0 Å². The summed E-state index contributed by atoms with van der Waals surface area (Å²) in [6.45, 7) is 0. The zero-order chi connectivity index (χ0) is 9.30. The highest BCUT2D eigenvalue weighted by Gasteiger charge is 2.11. The normalized spacial score (nSPS) is 9.92. The van der Waals surface area contributed by atoms with Gasteiger partial charge in [0.2, 0.25) is 0 Å². The first kappa shape index (κ1) is 10.5. The maximum Gasteiger partial charge on any atom is 0.336 e. The number of carboxylic acids is 1. The number of hydrogen-bond donors (Lipinski definition) is 1. The lowest BCUT2D eigenvalue weighted by Crippen LogP contribution is -1.99. The van der Waals surface area contributed by atoms with Gasteiger partial charge in [0.05, 0.1) is 5.56 Å². The molecule has 1 aromatic carbocycles. The van der Waals surface area contributed by atoms with Gasteiger partial charge in [-0.1, -0.05) is 15.9 Å². The predicted octanol–water partition coefficient (Wildman–Crippen LogP) is 3.51. The molecule has 0 atom stereocenters. The second-order valence-corrected chi connectivity index (χ2v) is 4.90. The first-order chi connectivity index (χ1) is 5.52. The standard InChI is InChI=1S/C7H3Br2IO2/c8-3-1-4(7(11)12)6(10)5(9)2-3/h1-2H,(H,11,12). The van der Waals surface area contributed by atoms with Gasteiger partial charge < -0.3 is 5.11 Å². The van der Waals surface area contributed by atoms with Crippen molar-refractivity contribution in [2.45, 2.75) is 0 Å². The first-order valence-electron chi connectivity index (χ1n) is 2.90. The van der Waals surface area contributed by atoms with Crippen molar-refractivity contribution in [3.05, 3.63) is 30.2 Å². The molecule has 1 aromatic rings. The highest BCUT2D eigenvalue weighted by molar-refractivity contribution is 14.1. The van der Waals surface area contributed by atoms with Crippen LogP contribution >= 0.6 is 54.5 Å². The van der Waals surface area contributed by atoms with Crippen LogP contribution in [0.5, 0.6) is 0 Å². The lowest BCUT2D eigenvalue weighted by atomic mass is 10.2. The summed E-state index contributed by atoms with van der Waals surface area (Å²) in [4.78, 5) is 10.7. The quantitative estimate of drug-likeness (QED) is 0.573. The molecule has 2 nitrogen and oxygen atoms in total. The van der Waals surface area contributed by atoms with Crippen molar-refractivity contribution in [1.29, 1.82) is 0 Å². The molecule has 0 amide bonds. The molecule has 0 heterocycles. The summed E-state index contributed by atoms with van der Waals surface area (Å²) in [5.74, 6) is -0.915. The van der Waals surface area contributed by atoms with Gasteiger partial charge in [-0.2, -0.15) is 0 Å². The number of halogens is 3. The molecule has 0 saturated carbocycles. The van der Waals surface area contributed by atoms with Crippen molar-refractivity contribution in [1.82, 2.24) is 0 Å². The molecule has 64 valence electrons. The van der Waals surface area contributed by atoms with Crippen molar-refractivity contribution >= 4 is 60.4 Å². The summed E-state index contributed by atoms with van der Waals surface area (Å²) in [6, 6.07) is 3.39. The number of aromatic carboxylic acids is 1. The van der Waals surface area contributed by atoms with E-state index in [0.717, 1.165) is 8.95 Å². The van der Waals surface area contributed by atoms with Crippen LogP contribution in [-0.2, 0) is 0 Å². The van der Waals surface area contributed by atoms with Crippen LogP contribution in [0.25, 0.3) is 0 Å². The van der Waals surface area contributed by atoms with Crippen LogP contribution in [0.15, 0.2) is 21.1 Å². The first-order valence-corrected chi connectivity index (χ1v) is 5.56. The van der Waals surface area contributed by atoms with Gasteiger partial charge in [0.15, 0.2) is 0 Å². The summed E-state index contributed by atoms with van der Waals surface area (Å²) in [6.07, 6.45) is 0. The summed E-state index contributed by atoms with van der Waals surface area (Å²) in [5, 5.41) is 8.77. The van der Waals surface area contributed by atoms with Crippen LogP contribution in [0, 0.1) is 3.57 Å². The molecule has 0 aromatic heterocycles. The molecular formula is C7H3Br2IO2. The fourth-order valence-electron chi connectivity index (χ4n) is 0.712. The Morgan fingerprint density at radius 3 is 2.50 bits per heavy atom. The molecule has 1 rings (SSSR count). The molecule has 1 N–H and O–H groups in total. The lowest BCUT2D eigenvalue weighted by molar-refractivity contribution is 0.0695. The Balaban J connectivity index is 3.37. The minimum absolute atomic E-state index is 0.303. The highest BCUT2D eigenvalue weighted by Crippen LogP contribution is 2.27. The van der Waals surface area contributed by atoms with E-state index < -0.39 is 5.97 Å². The summed E-state index contributed by atoms with van der Waals surface area (Å²) < 4.78 is 2.25. The van der Waals surface area contributed by atoms with Crippen molar-refractivity contribution in [2.24, 2.45) is 0 Å². The monoisotopic (exact) mass is 404 g/mol. The van der Waals surface area contributed by atoms with Crippen molar-refractivity contribution in [3.63, 3.8) is 0 Å². The van der Waals surface area contributed by atoms with Crippen LogP contribution in [-0.4, -0.2) is 11.1 Å². The molecule has 0 aliphatic rings. The molecule has 5 heteroatoms. The Morgan fingerprint density at radius 2 is 2.00 bits per heavy atom. The summed E-state index contributed by atoms with van der Waals surface area (Å²) >= 11 is 8.47. The molecule has 0 saturated heterocycles. The van der Waals surface area contributed by atoms with Gasteiger partial charge in [-0.05, 0) is 50.7 Å². The number of carbonyl (C=O) groups is 1. The lowest BCUT2D eigenvalue weighted by Gasteiger charge is -2.02. The van der Waals surface area contributed by atoms with Crippen molar-refractivity contribution in [2.75, 3.05) is 0 Å². The number of hydrogen-bond acceptors (Lipinski definition) is 1. The van der Waals surface area contributed by atoms with Gasteiger partial charge in [-0.25, -0.2) is 4.79 Å². The third-order valence-electron chi connectivity index (χ3n) is 1.22. The van der Waals surface area contributed by atoms with Gasteiger partial charge in [-0.15, -0.1) is 0 Å². The molecule has 0 fully saturated rings. The van der Waals surface area contributed by atoms with E-state index in [0.29, 0.717) is 9.13 Å². The van der Waals surface area contributed by atoms with E-state index in [-0.39, 0.29) is 0 Å². The highest BCUT2D eigenvalue weighted by atomic mass is 127. The molecular weight excluding hydrogens is 403 g/mol. The predicted molar refractivity (Wildman–Crippen MR) is 61.5 cm³/mol. The molecule has 0 aliphatic heterocycles. The van der Waals surface area contributed by atoms with Gasteiger partial charge in [0, 0.05) is 12.5 Å². The van der Waals surface area contributed by atoms with Crippen LogP contribution in [0.3, 0.4) is 0 Å². The van der Waals surface area contributed by atoms with Crippen molar-refractivity contribution in [3.8, 4) is 0 Å². The molecule has 0 unspecified atom stereocenters. The third kappa shape index (κ3) is 2.20. The van der Waals surface area contributed by atoms with E-state index in [1.54, 1.807) is 6.07 Å².